The van der Waals surface area contributed by atoms with Gasteiger partial charge < -0.3 is 19.5 Å². The Morgan fingerprint density at radius 3 is 2.14 bits per heavy atom. The van der Waals surface area contributed by atoms with Crippen LogP contribution in [0.3, 0.4) is 0 Å². The number of carbonyl (C=O) groups excluding carboxylic acids is 1. The van der Waals surface area contributed by atoms with Gasteiger partial charge in [-0.25, -0.2) is 0 Å². The van der Waals surface area contributed by atoms with Crippen LogP contribution in [0.15, 0.2) is 12.1 Å². The van der Waals surface area contributed by atoms with E-state index < -0.39 is 0 Å². The van der Waals surface area contributed by atoms with E-state index in [9.17, 15) is 4.79 Å². The maximum absolute atomic E-state index is 12.5. The summed E-state index contributed by atoms with van der Waals surface area (Å²) in [5.41, 5.74) is 0.521. The van der Waals surface area contributed by atoms with E-state index in [2.05, 4.69) is 12.2 Å². The van der Waals surface area contributed by atoms with E-state index in [1.54, 1.807) is 33.5 Å². The minimum absolute atomic E-state index is 0.0991. The normalized spacial score (nSPS) is 21.1. The summed E-state index contributed by atoms with van der Waals surface area (Å²) in [6, 6.07) is 3.61. The fraction of sp³-hybridized carbons (Fsp3) is 0.588. The van der Waals surface area contributed by atoms with Crippen LogP contribution in [0.2, 0.25) is 0 Å². The molecule has 1 aliphatic rings. The highest BCUT2D eigenvalue weighted by Crippen LogP contribution is 2.38. The molecule has 1 N–H and O–H groups in total. The number of amides is 1. The van der Waals surface area contributed by atoms with Gasteiger partial charge in [0.05, 0.1) is 21.3 Å². The van der Waals surface area contributed by atoms with E-state index in [-0.39, 0.29) is 11.9 Å². The Hall–Kier alpha value is -1.91. The van der Waals surface area contributed by atoms with Crippen LogP contribution in [-0.2, 0) is 0 Å². The molecular weight excluding hydrogens is 282 g/mol. The van der Waals surface area contributed by atoms with Crippen molar-refractivity contribution in [3.8, 4) is 17.2 Å². The average Bonchev–Trinajstić information content (AvgIpc) is 2.55. The first kappa shape index (κ1) is 16.5. The third kappa shape index (κ3) is 3.46. The highest BCUT2D eigenvalue weighted by molar-refractivity contribution is 5.95. The number of methoxy groups -OCH3 is 3. The van der Waals surface area contributed by atoms with Crippen LogP contribution in [0.5, 0.6) is 17.2 Å². The standard InChI is InChI=1S/C17H25NO4/c1-11-7-5-6-8-13(11)18-17(19)12-9-14(20-2)16(22-4)15(10-12)21-3/h9-11,13H,5-8H2,1-4H3,(H,18,19). The number of nitrogens with one attached hydrogen (secondary N) is 1. The van der Waals surface area contributed by atoms with Gasteiger partial charge in [-0.3, -0.25) is 4.79 Å². The molecule has 1 aromatic carbocycles. The van der Waals surface area contributed by atoms with Crippen molar-refractivity contribution in [2.75, 3.05) is 21.3 Å². The van der Waals surface area contributed by atoms with Crippen LogP contribution in [-0.4, -0.2) is 33.3 Å². The summed E-state index contributed by atoms with van der Waals surface area (Å²) in [6.45, 7) is 2.19. The SMILES string of the molecule is COc1cc(C(=O)NC2CCCCC2C)cc(OC)c1OC. The van der Waals surface area contributed by atoms with Crippen LogP contribution < -0.4 is 19.5 Å². The van der Waals surface area contributed by atoms with Gasteiger partial charge in [0, 0.05) is 11.6 Å². The van der Waals surface area contributed by atoms with E-state index >= 15 is 0 Å². The molecule has 5 nitrogen and oxygen atoms in total. The molecule has 2 rings (SSSR count). The van der Waals surface area contributed by atoms with Crippen molar-refractivity contribution in [2.45, 2.75) is 38.6 Å². The molecule has 1 saturated carbocycles. The number of ether oxygens (including phenoxy) is 3. The molecule has 0 saturated heterocycles. The fourth-order valence-corrected chi connectivity index (χ4v) is 2.99. The maximum atomic E-state index is 12.5. The maximum Gasteiger partial charge on any atom is 0.251 e. The molecule has 0 aromatic heterocycles. The van der Waals surface area contributed by atoms with Crippen molar-refractivity contribution in [1.82, 2.24) is 5.32 Å². The molecule has 0 aliphatic heterocycles. The lowest BCUT2D eigenvalue weighted by atomic mass is 9.86. The summed E-state index contributed by atoms with van der Waals surface area (Å²) >= 11 is 0. The minimum atomic E-state index is -0.0991. The first-order chi connectivity index (χ1) is 10.6. The third-order valence-electron chi connectivity index (χ3n) is 4.35. The average molecular weight is 307 g/mol. The molecule has 122 valence electrons. The summed E-state index contributed by atoms with van der Waals surface area (Å²) in [5.74, 6) is 1.89. The van der Waals surface area contributed by atoms with Crippen molar-refractivity contribution >= 4 is 5.91 Å². The second-order valence-electron chi connectivity index (χ2n) is 5.76. The molecular formula is C17H25NO4. The number of carbonyl (C=O) groups is 1. The van der Waals surface area contributed by atoms with Crippen molar-refractivity contribution in [3.05, 3.63) is 17.7 Å². The Labute approximate surface area is 131 Å². The summed E-state index contributed by atoms with van der Waals surface area (Å²) in [4.78, 5) is 12.5. The van der Waals surface area contributed by atoms with Gasteiger partial charge in [0.15, 0.2) is 11.5 Å². The third-order valence-corrected chi connectivity index (χ3v) is 4.35. The van der Waals surface area contributed by atoms with Gasteiger partial charge in [0.25, 0.3) is 5.91 Å². The first-order valence-corrected chi connectivity index (χ1v) is 7.71. The largest absolute Gasteiger partial charge is 0.493 e. The monoisotopic (exact) mass is 307 g/mol. The van der Waals surface area contributed by atoms with Crippen molar-refractivity contribution in [1.29, 1.82) is 0 Å². The lowest BCUT2D eigenvalue weighted by molar-refractivity contribution is 0.0909. The Morgan fingerprint density at radius 2 is 1.64 bits per heavy atom. The smallest absolute Gasteiger partial charge is 0.251 e. The van der Waals surface area contributed by atoms with Crippen molar-refractivity contribution < 1.29 is 19.0 Å². The molecule has 0 heterocycles. The zero-order valence-corrected chi connectivity index (χ0v) is 13.8. The Bertz CT molecular complexity index is 504. The number of hydrogen-bond donors (Lipinski definition) is 1. The van der Waals surface area contributed by atoms with Crippen molar-refractivity contribution in [3.63, 3.8) is 0 Å². The second kappa shape index (κ2) is 7.38. The van der Waals surface area contributed by atoms with E-state index in [0.717, 1.165) is 6.42 Å². The molecule has 5 heteroatoms. The summed E-state index contributed by atoms with van der Waals surface area (Å²) < 4.78 is 15.9. The lowest BCUT2D eigenvalue weighted by Crippen LogP contribution is -2.41. The predicted octanol–water partition coefficient (Wildman–Crippen LogP) is 3.02. The van der Waals surface area contributed by atoms with Gasteiger partial charge in [-0.05, 0) is 30.9 Å². The zero-order valence-electron chi connectivity index (χ0n) is 13.8. The van der Waals surface area contributed by atoms with E-state index in [0.29, 0.717) is 28.7 Å². The number of benzene rings is 1. The highest BCUT2D eigenvalue weighted by atomic mass is 16.5. The molecule has 1 aliphatic carbocycles. The van der Waals surface area contributed by atoms with Gasteiger partial charge in [0.1, 0.15) is 0 Å². The molecule has 0 spiro atoms. The molecule has 2 unspecified atom stereocenters. The Morgan fingerprint density at radius 1 is 1.05 bits per heavy atom. The zero-order chi connectivity index (χ0) is 16.1. The number of hydrogen-bond acceptors (Lipinski definition) is 4. The van der Waals surface area contributed by atoms with Gasteiger partial charge >= 0.3 is 0 Å². The lowest BCUT2D eigenvalue weighted by Gasteiger charge is -2.29. The molecule has 0 radical (unpaired) electrons. The van der Waals surface area contributed by atoms with Crippen molar-refractivity contribution in [2.24, 2.45) is 5.92 Å². The van der Waals surface area contributed by atoms with Crippen LogP contribution >= 0.6 is 0 Å². The topological polar surface area (TPSA) is 56.8 Å². The van der Waals surface area contributed by atoms with E-state index in [1.807, 2.05) is 0 Å². The predicted molar refractivity (Wildman–Crippen MR) is 85.0 cm³/mol. The van der Waals surface area contributed by atoms with Crippen LogP contribution in [0.1, 0.15) is 43.0 Å². The molecule has 1 amide bonds. The van der Waals surface area contributed by atoms with E-state index in [1.165, 1.54) is 19.3 Å². The van der Waals surface area contributed by atoms with Crippen LogP contribution in [0.4, 0.5) is 0 Å². The summed E-state index contributed by atoms with van der Waals surface area (Å²) in [5, 5.41) is 3.13. The molecule has 1 aromatic rings. The first-order valence-electron chi connectivity index (χ1n) is 7.71. The second-order valence-corrected chi connectivity index (χ2v) is 5.76. The highest BCUT2D eigenvalue weighted by Gasteiger charge is 2.24. The molecule has 2 atom stereocenters. The van der Waals surface area contributed by atoms with Crippen LogP contribution in [0.25, 0.3) is 0 Å². The Balaban J connectivity index is 2.21. The fourth-order valence-electron chi connectivity index (χ4n) is 2.99. The minimum Gasteiger partial charge on any atom is -0.493 e. The quantitative estimate of drug-likeness (QED) is 0.908. The van der Waals surface area contributed by atoms with E-state index in [4.69, 9.17) is 14.2 Å². The molecule has 0 bridgehead atoms. The molecule has 22 heavy (non-hydrogen) atoms. The number of rotatable bonds is 5. The van der Waals surface area contributed by atoms with Crippen LogP contribution in [0, 0.1) is 5.92 Å². The van der Waals surface area contributed by atoms with Gasteiger partial charge in [-0.15, -0.1) is 0 Å². The summed E-state index contributed by atoms with van der Waals surface area (Å²) in [6.07, 6.45) is 4.62. The Kier molecular flexibility index (Phi) is 5.52. The van der Waals surface area contributed by atoms with Gasteiger partial charge in [0.2, 0.25) is 5.75 Å². The summed E-state index contributed by atoms with van der Waals surface area (Å²) in [7, 11) is 4.63. The molecule has 1 fully saturated rings. The van der Waals surface area contributed by atoms with Gasteiger partial charge in [-0.1, -0.05) is 19.8 Å². The van der Waals surface area contributed by atoms with Gasteiger partial charge in [-0.2, -0.15) is 0 Å².